The summed E-state index contributed by atoms with van der Waals surface area (Å²) in [5, 5.41) is 11.2. The van der Waals surface area contributed by atoms with E-state index in [0.29, 0.717) is 13.0 Å². The van der Waals surface area contributed by atoms with Gasteiger partial charge in [0.1, 0.15) is 5.82 Å². The number of anilines is 2. The smallest absolute Gasteiger partial charge is 0.330 e. The number of halogens is 1. The number of nitrogens with zero attached hydrogens (tertiary/aromatic N) is 3. The zero-order chi connectivity index (χ0) is 22.6. The zero-order valence-corrected chi connectivity index (χ0v) is 18.6. The van der Waals surface area contributed by atoms with Crippen molar-refractivity contribution in [1.82, 2.24) is 9.55 Å². The molecule has 0 radical (unpaired) electrons. The van der Waals surface area contributed by atoms with Crippen LogP contribution in [0.3, 0.4) is 0 Å². The van der Waals surface area contributed by atoms with Gasteiger partial charge in [-0.15, -0.1) is 0 Å². The lowest BCUT2D eigenvalue weighted by molar-refractivity contribution is -0.385. The Bertz CT molecular complexity index is 1080. The molecule has 2 aromatic rings. The number of rotatable bonds is 8. The SMILES string of the molecule is CCCCn1c(N)c(N(CC(C)C)C(=O)c2ccc(Br)c([N+](=O)[O-])c2)c(=O)[nH]c1=O. The maximum Gasteiger partial charge on any atom is 0.330 e. The minimum absolute atomic E-state index is 0.0238. The molecule has 1 aromatic carbocycles. The van der Waals surface area contributed by atoms with Gasteiger partial charge in [-0.3, -0.25) is 29.3 Å². The summed E-state index contributed by atoms with van der Waals surface area (Å²) in [5.74, 6) is -0.788. The number of hydrogen-bond acceptors (Lipinski definition) is 6. The Morgan fingerprint density at radius 2 is 2.03 bits per heavy atom. The van der Waals surface area contributed by atoms with Gasteiger partial charge in [-0.2, -0.15) is 0 Å². The zero-order valence-electron chi connectivity index (χ0n) is 17.0. The Kier molecular flexibility index (Phi) is 7.54. The second-order valence-corrected chi connectivity index (χ2v) is 8.09. The first kappa shape index (κ1) is 23.3. The highest BCUT2D eigenvalue weighted by atomic mass is 79.9. The Balaban J connectivity index is 2.65. The van der Waals surface area contributed by atoms with Gasteiger partial charge in [-0.1, -0.05) is 27.2 Å². The van der Waals surface area contributed by atoms with Crippen molar-refractivity contribution in [2.45, 2.75) is 40.2 Å². The monoisotopic (exact) mass is 481 g/mol. The molecule has 0 unspecified atom stereocenters. The molecule has 0 bridgehead atoms. The Labute approximate surface area is 181 Å². The minimum atomic E-state index is -0.786. The first-order valence-corrected chi connectivity index (χ1v) is 10.3. The van der Waals surface area contributed by atoms with Crippen LogP contribution >= 0.6 is 15.9 Å². The van der Waals surface area contributed by atoms with E-state index in [1.165, 1.54) is 21.6 Å². The number of H-pyrrole nitrogens is 1. The van der Waals surface area contributed by atoms with Crippen LogP contribution in [0.2, 0.25) is 0 Å². The molecule has 0 saturated carbocycles. The highest BCUT2D eigenvalue weighted by Gasteiger charge is 2.27. The lowest BCUT2D eigenvalue weighted by Crippen LogP contribution is -2.42. The Morgan fingerprint density at radius 3 is 2.60 bits per heavy atom. The highest BCUT2D eigenvalue weighted by molar-refractivity contribution is 9.10. The number of aromatic nitrogens is 2. The predicted octanol–water partition coefficient (Wildman–Crippen LogP) is 2.89. The van der Waals surface area contributed by atoms with Crippen LogP contribution in [0.4, 0.5) is 17.2 Å². The number of carbonyl (C=O) groups excluding carboxylic acids is 1. The highest BCUT2D eigenvalue weighted by Crippen LogP contribution is 2.28. The van der Waals surface area contributed by atoms with E-state index < -0.39 is 22.1 Å². The Morgan fingerprint density at radius 1 is 1.37 bits per heavy atom. The van der Waals surface area contributed by atoms with Crippen LogP contribution in [0.5, 0.6) is 0 Å². The van der Waals surface area contributed by atoms with Crippen LogP contribution in [0, 0.1) is 16.0 Å². The molecule has 1 aromatic heterocycles. The predicted molar refractivity (Wildman–Crippen MR) is 118 cm³/mol. The van der Waals surface area contributed by atoms with Crippen LogP contribution < -0.4 is 21.9 Å². The molecule has 0 aliphatic carbocycles. The molecular weight excluding hydrogens is 458 g/mol. The Hall–Kier alpha value is -2.95. The second-order valence-electron chi connectivity index (χ2n) is 7.23. The average Bonchev–Trinajstić information content (AvgIpc) is 2.66. The molecule has 11 heteroatoms. The molecule has 0 aliphatic rings. The van der Waals surface area contributed by atoms with Crippen molar-refractivity contribution in [3.63, 3.8) is 0 Å². The normalized spacial score (nSPS) is 11.0. The van der Waals surface area contributed by atoms with E-state index in [9.17, 15) is 24.5 Å². The molecule has 0 spiro atoms. The van der Waals surface area contributed by atoms with Gasteiger partial charge in [-0.05, 0) is 40.4 Å². The van der Waals surface area contributed by atoms with Crippen molar-refractivity contribution in [3.05, 3.63) is 59.2 Å². The molecule has 3 N–H and O–H groups in total. The van der Waals surface area contributed by atoms with Gasteiger partial charge in [-0.25, -0.2) is 4.79 Å². The van der Waals surface area contributed by atoms with Gasteiger partial charge in [0.05, 0.1) is 9.40 Å². The van der Waals surface area contributed by atoms with E-state index in [0.717, 1.165) is 12.5 Å². The van der Waals surface area contributed by atoms with Crippen LogP contribution in [0.1, 0.15) is 44.0 Å². The summed E-state index contributed by atoms with van der Waals surface area (Å²) in [5.41, 5.74) is 4.32. The lowest BCUT2D eigenvalue weighted by atomic mass is 10.1. The second kappa shape index (κ2) is 9.70. The third kappa shape index (κ3) is 4.96. The van der Waals surface area contributed by atoms with E-state index in [1.54, 1.807) is 0 Å². The van der Waals surface area contributed by atoms with E-state index in [4.69, 9.17) is 5.73 Å². The summed E-state index contributed by atoms with van der Waals surface area (Å²) >= 11 is 3.09. The molecule has 0 aliphatic heterocycles. The molecule has 0 atom stereocenters. The third-order valence-corrected chi connectivity index (χ3v) is 5.07. The van der Waals surface area contributed by atoms with Crippen molar-refractivity contribution in [3.8, 4) is 0 Å². The number of nitro groups is 1. The summed E-state index contributed by atoms with van der Waals surface area (Å²) < 4.78 is 1.45. The summed E-state index contributed by atoms with van der Waals surface area (Å²) in [6.45, 7) is 6.06. The van der Waals surface area contributed by atoms with Gasteiger partial charge in [0, 0.05) is 24.7 Å². The molecule has 0 fully saturated rings. The number of nitrogens with two attached hydrogens (primary N) is 1. The molecule has 0 saturated heterocycles. The van der Waals surface area contributed by atoms with Crippen LogP contribution in [0.15, 0.2) is 32.3 Å². The quantitative estimate of drug-likeness (QED) is 0.437. The number of benzene rings is 1. The summed E-state index contributed by atoms with van der Waals surface area (Å²) in [6.07, 6.45) is 1.46. The number of nitrogens with one attached hydrogen (secondary N) is 1. The lowest BCUT2D eigenvalue weighted by Gasteiger charge is -2.26. The fourth-order valence-electron chi connectivity index (χ4n) is 2.96. The number of amides is 1. The van der Waals surface area contributed by atoms with Crippen LogP contribution in [-0.2, 0) is 6.54 Å². The van der Waals surface area contributed by atoms with Crippen molar-refractivity contribution in [2.24, 2.45) is 5.92 Å². The molecular formula is C19H24BrN5O5. The number of carbonyl (C=O) groups is 1. The first-order chi connectivity index (χ1) is 14.1. The van der Waals surface area contributed by atoms with Crippen molar-refractivity contribution in [1.29, 1.82) is 0 Å². The summed E-state index contributed by atoms with van der Waals surface area (Å²) in [6, 6.07) is 3.95. The molecule has 162 valence electrons. The summed E-state index contributed by atoms with van der Waals surface area (Å²) in [7, 11) is 0. The molecule has 1 heterocycles. The third-order valence-electron chi connectivity index (χ3n) is 4.40. The maximum atomic E-state index is 13.3. The van der Waals surface area contributed by atoms with E-state index in [-0.39, 0.29) is 39.7 Å². The summed E-state index contributed by atoms with van der Waals surface area (Å²) in [4.78, 5) is 52.1. The van der Waals surface area contributed by atoms with Crippen molar-refractivity contribution >= 4 is 39.0 Å². The first-order valence-electron chi connectivity index (χ1n) is 9.46. The largest absolute Gasteiger partial charge is 0.383 e. The number of nitro benzene ring substituents is 1. The fourth-order valence-corrected chi connectivity index (χ4v) is 3.35. The topological polar surface area (TPSA) is 144 Å². The van der Waals surface area contributed by atoms with Crippen LogP contribution in [0.25, 0.3) is 0 Å². The molecule has 10 nitrogen and oxygen atoms in total. The van der Waals surface area contributed by atoms with Crippen molar-refractivity contribution < 1.29 is 9.72 Å². The fraction of sp³-hybridized carbons (Fsp3) is 0.421. The van der Waals surface area contributed by atoms with E-state index >= 15 is 0 Å². The number of aromatic amines is 1. The van der Waals surface area contributed by atoms with Crippen LogP contribution in [-0.4, -0.2) is 26.9 Å². The molecule has 2 rings (SSSR count). The van der Waals surface area contributed by atoms with Gasteiger partial charge >= 0.3 is 5.69 Å². The van der Waals surface area contributed by atoms with Crippen molar-refractivity contribution in [2.75, 3.05) is 17.2 Å². The maximum absolute atomic E-state index is 13.3. The van der Waals surface area contributed by atoms with E-state index in [1.807, 2.05) is 20.8 Å². The van der Waals surface area contributed by atoms with Gasteiger partial charge in [0.25, 0.3) is 17.2 Å². The standard InChI is InChI=1S/C19H24BrN5O5/c1-4-5-8-23-16(21)15(17(26)22-19(23)28)24(10-11(2)3)18(27)12-6-7-13(20)14(9-12)25(29)30/h6-7,9,11H,4-5,8,10,21H2,1-3H3,(H,22,26,28). The number of hydrogen-bond donors (Lipinski definition) is 2. The van der Waals surface area contributed by atoms with E-state index in [2.05, 4.69) is 20.9 Å². The molecule has 1 amide bonds. The number of unbranched alkanes of at least 4 members (excludes halogenated alkanes) is 1. The van der Waals surface area contributed by atoms with Gasteiger partial charge < -0.3 is 10.6 Å². The van der Waals surface area contributed by atoms with Gasteiger partial charge in [0.2, 0.25) is 0 Å². The number of nitrogen functional groups attached to an aromatic ring is 1. The van der Waals surface area contributed by atoms with Gasteiger partial charge in [0.15, 0.2) is 5.69 Å². The minimum Gasteiger partial charge on any atom is -0.383 e. The molecule has 30 heavy (non-hydrogen) atoms. The average molecular weight is 482 g/mol.